The van der Waals surface area contributed by atoms with E-state index in [4.69, 9.17) is 16.9 Å². The van der Waals surface area contributed by atoms with Gasteiger partial charge in [-0.25, -0.2) is 0 Å². The first-order valence-corrected chi connectivity index (χ1v) is 5.53. The second-order valence-corrected chi connectivity index (χ2v) is 4.16. The molecule has 2 nitrogen and oxygen atoms in total. The zero-order valence-corrected chi connectivity index (χ0v) is 10.3. The van der Waals surface area contributed by atoms with Gasteiger partial charge in [0.2, 0.25) is 0 Å². The summed E-state index contributed by atoms with van der Waals surface area (Å²) in [7, 11) is 0. The molecule has 1 aromatic carbocycles. The van der Waals surface area contributed by atoms with Crippen LogP contribution in [-0.4, -0.2) is 13.2 Å². The third-order valence-electron chi connectivity index (χ3n) is 2.03. The van der Waals surface area contributed by atoms with Crippen molar-refractivity contribution in [2.75, 3.05) is 13.2 Å². The number of benzene rings is 1. The zero-order valence-electron chi connectivity index (χ0n) is 8.72. The second kappa shape index (κ2) is 5.79. The highest BCUT2D eigenvalue weighted by molar-refractivity contribution is 9.10. The molecule has 0 amide bonds. The maximum atomic E-state index is 5.55. The summed E-state index contributed by atoms with van der Waals surface area (Å²) in [6, 6.07) is 4.03. The molecular formula is C12H14BrNO. The van der Waals surface area contributed by atoms with E-state index in [1.54, 1.807) is 0 Å². The molecule has 0 atom stereocenters. The molecule has 1 rings (SSSR count). The topological polar surface area (TPSA) is 35.2 Å². The highest BCUT2D eigenvalue weighted by Crippen LogP contribution is 2.28. The smallest absolute Gasteiger partial charge is 0.148 e. The number of halogens is 1. The normalized spacial score (nSPS) is 9.73. The number of ether oxygens (including phenoxy) is 1. The second-order valence-electron chi connectivity index (χ2n) is 3.24. The van der Waals surface area contributed by atoms with Crippen molar-refractivity contribution >= 4 is 15.9 Å². The molecule has 0 heterocycles. The summed E-state index contributed by atoms with van der Waals surface area (Å²) in [4.78, 5) is 0. The van der Waals surface area contributed by atoms with Gasteiger partial charge in [-0.2, -0.15) is 0 Å². The molecule has 0 bridgehead atoms. The quantitative estimate of drug-likeness (QED) is 0.850. The van der Waals surface area contributed by atoms with E-state index in [1.165, 1.54) is 0 Å². The van der Waals surface area contributed by atoms with E-state index in [-0.39, 0.29) is 0 Å². The van der Waals surface area contributed by atoms with Crippen LogP contribution in [0.25, 0.3) is 0 Å². The Morgan fingerprint density at radius 3 is 2.87 bits per heavy atom. The first-order valence-electron chi connectivity index (χ1n) is 4.74. The van der Waals surface area contributed by atoms with Gasteiger partial charge in [0.1, 0.15) is 12.4 Å². The number of hydrogen-bond acceptors (Lipinski definition) is 2. The molecular weight excluding hydrogens is 254 g/mol. The molecule has 0 saturated carbocycles. The van der Waals surface area contributed by atoms with E-state index in [0.717, 1.165) is 27.8 Å². The van der Waals surface area contributed by atoms with Crippen molar-refractivity contribution in [2.45, 2.75) is 13.3 Å². The lowest BCUT2D eigenvalue weighted by molar-refractivity contribution is 0.363. The third kappa shape index (κ3) is 3.26. The lowest BCUT2D eigenvalue weighted by Crippen LogP contribution is -2.06. The third-order valence-corrected chi connectivity index (χ3v) is 2.49. The fraction of sp³-hybridized carbons (Fsp3) is 0.333. The largest absolute Gasteiger partial charge is 0.480 e. The Hall–Kier alpha value is -0.980. The number of nitrogens with two attached hydrogens (primary N) is 1. The lowest BCUT2D eigenvalue weighted by atomic mass is 10.1. The fourth-order valence-corrected chi connectivity index (χ4v) is 2.08. The number of hydrogen-bond donors (Lipinski definition) is 1. The summed E-state index contributed by atoms with van der Waals surface area (Å²) in [6.07, 6.45) is 5.96. The Morgan fingerprint density at radius 2 is 2.27 bits per heavy atom. The van der Waals surface area contributed by atoms with Gasteiger partial charge in [0.25, 0.3) is 0 Å². The predicted molar refractivity (Wildman–Crippen MR) is 66.0 cm³/mol. The van der Waals surface area contributed by atoms with E-state index in [2.05, 4.69) is 21.9 Å². The van der Waals surface area contributed by atoms with Crippen LogP contribution in [0.1, 0.15) is 11.1 Å². The molecule has 0 fully saturated rings. The molecule has 0 aromatic heterocycles. The van der Waals surface area contributed by atoms with Crippen molar-refractivity contribution in [2.24, 2.45) is 5.73 Å². The van der Waals surface area contributed by atoms with Crippen molar-refractivity contribution in [3.63, 3.8) is 0 Å². The van der Waals surface area contributed by atoms with Crippen molar-refractivity contribution in [3.8, 4) is 18.1 Å². The molecule has 0 aliphatic carbocycles. The Bertz CT molecular complexity index is 382. The molecule has 0 unspecified atom stereocenters. The summed E-state index contributed by atoms with van der Waals surface area (Å²) in [6.45, 7) is 2.89. The van der Waals surface area contributed by atoms with Crippen molar-refractivity contribution < 1.29 is 4.74 Å². The Labute approximate surface area is 98.9 Å². The number of terminal acetylenes is 1. The average Bonchev–Trinajstić information content (AvgIpc) is 2.17. The standard InChI is InChI=1S/C12H14BrNO/c1-3-6-15-12-9(2)7-11(13)8-10(12)4-5-14/h1,7-8H,4-6,14H2,2H3. The summed E-state index contributed by atoms with van der Waals surface area (Å²) in [5.41, 5.74) is 7.72. The van der Waals surface area contributed by atoms with E-state index < -0.39 is 0 Å². The van der Waals surface area contributed by atoms with E-state index in [9.17, 15) is 0 Å². The van der Waals surface area contributed by atoms with E-state index in [1.807, 2.05) is 19.1 Å². The molecule has 0 radical (unpaired) electrons. The van der Waals surface area contributed by atoms with Crippen LogP contribution in [0.5, 0.6) is 5.75 Å². The van der Waals surface area contributed by atoms with Crippen LogP contribution in [0.3, 0.4) is 0 Å². The van der Waals surface area contributed by atoms with Gasteiger partial charge in [-0.15, -0.1) is 6.42 Å². The van der Waals surface area contributed by atoms with Gasteiger partial charge in [-0.3, -0.25) is 0 Å². The number of rotatable bonds is 4. The summed E-state index contributed by atoms with van der Waals surface area (Å²) >= 11 is 3.45. The molecule has 0 saturated heterocycles. The van der Waals surface area contributed by atoms with E-state index >= 15 is 0 Å². The molecule has 2 N–H and O–H groups in total. The van der Waals surface area contributed by atoms with Gasteiger partial charge >= 0.3 is 0 Å². The Kier molecular flexibility index (Phi) is 4.67. The van der Waals surface area contributed by atoms with Gasteiger partial charge in [0.15, 0.2) is 0 Å². The lowest BCUT2D eigenvalue weighted by Gasteiger charge is -2.12. The highest BCUT2D eigenvalue weighted by Gasteiger charge is 2.07. The maximum Gasteiger partial charge on any atom is 0.148 e. The number of aryl methyl sites for hydroxylation is 1. The summed E-state index contributed by atoms with van der Waals surface area (Å²) < 4.78 is 6.55. The minimum absolute atomic E-state index is 0.292. The molecule has 1 aromatic rings. The van der Waals surface area contributed by atoms with Gasteiger partial charge < -0.3 is 10.5 Å². The fourth-order valence-electron chi connectivity index (χ4n) is 1.46. The van der Waals surface area contributed by atoms with Crippen molar-refractivity contribution in [3.05, 3.63) is 27.7 Å². The van der Waals surface area contributed by atoms with Gasteiger partial charge in [0.05, 0.1) is 0 Å². The molecule has 0 aliphatic rings. The molecule has 80 valence electrons. The van der Waals surface area contributed by atoms with Crippen LogP contribution in [-0.2, 0) is 6.42 Å². The highest BCUT2D eigenvalue weighted by atomic mass is 79.9. The minimum atomic E-state index is 0.292. The zero-order chi connectivity index (χ0) is 11.3. The molecule has 0 spiro atoms. The Morgan fingerprint density at radius 1 is 1.53 bits per heavy atom. The van der Waals surface area contributed by atoms with Crippen LogP contribution in [0, 0.1) is 19.3 Å². The van der Waals surface area contributed by atoms with Crippen LogP contribution >= 0.6 is 15.9 Å². The van der Waals surface area contributed by atoms with E-state index in [0.29, 0.717) is 13.2 Å². The molecule has 3 heteroatoms. The Balaban J connectivity index is 3.04. The van der Waals surface area contributed by atoms with Crippen LogP contribution in [0.15, 0.2) is 16.6 Å². The first kappa shape index (κ1) is 12.1. The summed E-state index contributed by atoms with van der Waals surface area (Å²) in [5, 5.41) is 0. The maximum absolute atomic E-state index is 5.55. The summed E-state index contributed by atoms with van der Waals surface area (Å²) in [5.74, 6) is 3.32. The average molecular weight is 268 g/mol. The minimum Gasteiger partial charge on any atom is -0.480 e. The van der Waals surface area contributed by atoms with Gasteiger partial charge in [-0.05, 0) is 43.1 Å². The van der Waals surface area contributed by atoms with Gasteiger partial charge in [0, 0.05) is 4.47 Å². The van der Waals surface area contributed by atoms with Gasteiger partial charge in [-0.1, -0.05) is 21.9 Å². The van der Waals surface area contributed by atoms with Crippen molar-refractivity contribution in [1.29, 1.82) is 0 Å². The molecule has 15 heavy (non-hydrogen) atoms. The molecule has 0 aliphatic heterocycles. The SMILES string of the molecule is C#CCOc1c(C)cc(Br)cc1CCN. The van der Waals surface area contributed by atoms with Crippen LogP contribution in [0.2, 0.25) is 0 Å². The van der Waals surface area contributed by atoms with Crippen molar-refractivity contribution in [1.82, 2.24) is 0 Å². The predicted octanol–water partition coefficient (Wildman–Crippen LogP) is 2.27. The van der Waals surface area contributed by atoms with Crippen LogP contribution < -0.4 is 10.5 Å². The first-order chi connectivity index (χ1) is 7.19. The van der Waals surface area contributed by atoms with Crippen LogP contribution in [0.4, 0.5) is 0 Å². The monoisotopic (exact) mass is 267 g/mol.